The van der Waals surface area contributed by atoms with Crippen molar-refractivity contribution in [3.8, 4) is 5.75 Å². The summed E-state index contributed by atoms with van der Waals surface area (Å²) in [5, 5.41) is 0. The lowest BCUT2D eigenvalue weighted by Crippen LogP contribution is -2.40. The SMILES string of the molecule is COc1cnc(C(F)(F)F)cc1[C@H](C)N[S+]([O-])C(C)(C)C. The fourth-order valence-electron chi connectivity index (χ4n) is 1.52. The molecule has 1 aromatic heterocycles. The van der Waals surface area contributed by atoms with Crippen LogP contribution in [0.3, 0.4) is 0 Å². The average molecular weight is 324 g/mol. The van der Waals surface area contributed by atoms with E-state index in [2.05, 4.69) is 9.71 Å². The summed E-state index contributed by atoms with van der Waals surface area (Å²) in [6, 6.07) is 0.334. The Bertz CT molecular complexity index is 489. The monoisotopic (exact) mass is 324 g/mol. The Hall–Kier alpha value is -0.990. The van der Waals surface area contributed by atoms with Gasteiger partial charge in [-0.15, -0.1) is 4.72 Å². The highest BCUT2D eigenvalue weighted by atomic mass is 32.2. The van der Waals surface area contributed by atoms with Crippen LogP contribution in [0.25, 0.3) is 0 Å². The third-order valence-corrected chi connectivity index (χ3v) is 4.39. The number of methoxy groups -OCH3 is 1. The molecule has 0 aliphatic heterocycles. The summed E-state index contributed by atoms with van der Waals surface area (Å²) >= 11 is -1.41. The number of nitrogens with one attached hydrogen (secondary N) is 1. The van der Waals surface area contributed by atoms with Crippen LogP contribution < -0.4 is 9.46 Å². The van der Waals surface area contributed by atoms with Crippen molar-refractivity contribution in [3.63, 3.8) is 0 Å². The number of rotatable bonds is 4. The molecule has 1 heterocycles. The summed E-state index contributed by atoms with van der Waals surface area (Å²) in [5.41, 5.74) is -0.745. The van der Waals surface area contributed by atoms with Crippen molar-refractivity contribution in [3.05, 3.63) is 23.5 Å². The number of hydrogen-bond donors (Lipinski definition) is 1. The molecule has 120 valence electrons. The van der Waals surface area contributed by atoms with Gasteiger partial charge in [0.05, 0.1) is 19.3 Å². The number of pyridine rings is 1. The Morgan fingerprint density at radius 2 is 1.90 bits per heavy atom. The molecule has 0 aliphatic carbocycles. The lowest BCUT2D eigenvalue weighted by molar-refractivity contribution is -0.141. The van der Waals surface area contributed by atoms with E-state index in [-0.39, 0.29) is 11.3 Å². The maximum Gasteiger partial charge on any atom is 0.433 e. The zero-order chi connectivity index (χ0) is 16.4. The lowest BCUT2D eigenvalue weighted by atomic mass is 10.1. The van der Waals surface area contributed by atoms with E-state index in [1.165, 1.54) is 7.11 Å². The van der Waals surface area contributed by atoms with Crippen LogP contribution in [0.2, 0.25) is 0 Å². The first-order valence-corrected chi connectivity index (χ1v) is 7.41. The highest BCUT2D eigenvalue weighted by Gasteiger charge is 2.35. The Labute approximate surface area is 125 Å². The minimum absolute atomic E-state index is 0.217. The molecule has 1 rings (SSSR count). The van der Waals surface area contributed by atoms with Crippen molar-refractivity contribution in [1.82, 2.24) is 9.71 Å². The molecule has 0 saturated carbocycles. The predicted molar refractivity (Wildman–Crippen MR) is 75.2 cm³/mol. The van der Waals surface area contributed by atoms with Crippen molar-refractivity contribution < 1.29 is 22.5 Å². The largest absolute Gasteiger partial charge is 0.598 e. The van der Waals surface area contributed by atoms with Crippen molar-refractivity contribution in [2.75, 3.05) is 7.11 Å². The standard InChI is InChI=1S/C13H19F3N2O2S/c1-8(18-21(19)12(2,3)4)9-6-11(13(14,15)16)17-7-10(9)20-5/h6-8,18H,1-5H3/t8-,21?/m0/s1. The van der Waals surface area contributed by atoms with Crippen LogP contribution >= 0.6 is 0 Å². The molecule has 0 radical (unpaired) electrons. The van der Waals surface area contributed by atoms with E-state index in [4.69, 9.17) is 4.74 Å². The van der Waals surface area contributed by atoms with Gasteiger partial charge in [-0.25, -0.2) is 4.98 Å². The van der Waals surface area contributed by atoms with Crippen LogP contribution in [0.15, 0.2) is 12.3 Å². The minimum Gasteiger partial charge on any atom is -0.598 e. The fourth-order valence-corrected chi connectivity index (χ4v) is 2.32. The van der Waals surface area contributed by atoms with Crippen molar-refractivity contribution in [2.45, 2.75) is 44.7 Å². The van der Waals surface area contributed by atoms with Gasteiger partial charge in [-0.2, -0.15) is 13.2 Å². The molecule has 8 heteroatoms. The smallest absolute Gasteiger partial charge is 0.433 e. The van der Waals surface area contributed by atoms with Gasteiger partial charge in [0.15, 0.2) is 0 Å². The second kappa shape index (κ2) is 6.41. The Morgan fingerprint density at radius 1 is 1.33 bits per heavy atom. The average Bonchev–Trinajstić information content (AvgIpc) is 2.35. The molecule has 0 saturated heterocycles. The maximum atomic E-state index is 12.7. The molecule has 0 amide bonds. The van der Waals surface area contributed by atoms with Gasteiger partial charge in [-0.3, -0.25) is 0 Å². The van der Waals surface area contributed by atoms with Gasteiger partial charge in [0.25, 0.3) is 0 Å². The Balaban J connectivity index is 3.09. The molecule has 1 N–H and O–H groups in total. The summed E-state index contributed by atoms with van der Waals surface area (Å²) in [7, 11) is 1.35. The van der Waals surface area contributed by atoms with Gasteiger partial charge >= 0.3 is 6.18 Å². The molecule has 2 atom stereocenters. The van der Waals surface area contributed by atoms with Crippen LogP contribution in [0.5, 0.6) is 5.75 Å². The predicted octanol–water partition coefficient (Wildman–Crippen LogP) is 3.22. The van der Waals surface area contributed by atoms with E-state index in [1.54, 1.807) is 27.7 Å². The van der Waals surface area contributed by atoms with E-state index >= 15 is 0 Å². The summed E-state index contributed by atoms with van der Waals surface area (Å²) in [5.74, 6) is 0.217. The van der Waals surface area contributed by atoms with Gasteiger partial charge in [-0.1, -0.05) is 0 Å². The van der Waals surface area contributed by atoms with Crippen LogP contribution in [0.4, 0.5) is 13.2 Å². The topological polar surface area (TPSA) is 57.2 Å². The summed E-state index contributed by atoms with van der Waals surface area (Å²) < 4.78 is 57.5. The van der Waals surface area contributed by atoms with Gasteiger partial charge in [0.2, 0.25) is 0 Å². The number of halogens is 3. The van der Waals surface area contributed by atoms with E-state index in [9.17, 15) is 17.7 Å². The van der Waals surface area contributed by atoms with Crippen LogP contribution in [-0.2, 0) is 17.5 Å². The highest BCUT2D eigenvalue weighted by Crippen LogP contribution is 2.33. The molecule has 1 aromatic rings. The maximum absolute atomic E-state index is 12.7. The van der Waals surface area contributed by atoms with Gasteiger partial charge < -0.3 is 9.29 Å². The summed E-state index contributed by atoms with van der Waals surface area (Å²) in [6.45, 7) is 6.94. The van der Waals surface area contributed by atoms with E-state index < -0.39 is 34.0 Å². The van der Waals surface area contributed by atoms with E-state index in [0.29, 0.717) is 0 Å². The zero-order valence-electron chi connectivity index (χ0n) is 12.5. The number of aromatic nitrogens is 1. The molecule has 0 bridgehead atoms. The van der Waals surface area contributed by atoms with Crippen molar-refractivity contribution >= 4 is 11.4 Å². The van der Waals surface area contributed by atoms with Crippen LogP contribution in [0, 0.1) is 0 Å². The van der Waals surface area contributed by atoms with Crippen molar-refractivity contribution in [1.29, 1.82) is 0 Å². The third kappa shape index (κ3) is 4.76. The van der Waals surface area contributed by atoms with Crippen LogP contribution in [0.1, 0.15) is 45.0 Å². The molecular weight excluding hydrogens is 305 g/mol. The van der Waals surface area contributed by atoms with E-state index in [0.717, 1.165) is 12.3 Å². The summed E-state index contributed by atoms with van der Waals surface area (Å²) in [4.78, 5) is 3.34. The molecule has 1 unspecified atom stereocenters. The fraction of sp³-hybridized carbons (Fsp3) is 0.615. The lowest BCUT2D eigenvalue weighted by Gasteiger charge is -2.27. The third-order valence-electron chi connectivity index (χ3n) is 2.71. The molecule has 0 aromatic carbocycles. The Kier molecular flexibility index (Phi) is 5.51. The second-order valence-corrected chi connectivity index (χ2v) is 7.53. The van der Waals surface area contributed by atoms with E-state index in [1.807, 2.05) is 0 Å². The first-order chi connectivity index (χ1) is 9.46. The zero-order valence-corrected chi connectivity index (χ0v) is 13.4. The molecule has 0 fully saturated rings. The minimum atomic E-state index is -4.54. The number of alkyl halides is 3. The first kappa shape index (κ1) is 18.1. The van der Waals surface area contributed by atoms with Gasteiger partial charge in [-0.05, 0) is 33.8 Å². The number of nitrogens with zero attached hydrogens (tertiary/aromatic N) is 1. The molecule has 4 nitrogen and oxygen atoms in total. The van der Waals surface area contributed by atoms with Gasteiger partial charge in [0.1, 0.15) is 16.2 Å². The number of ether oxygens (including phenoxy) is 1. The Morgan fingerprint density at radius 3 is 2.33 bits per heavy atom. The van der Waals surface area contributed by atoms with Gasteiger partial charge in [0, 0.05) is 16.9 Å². The molecule has 21 heavy (non-hydrogen) atoms. The first-order valence-electron chi connectivity index (χ1n) is 6.26. The number of hydrogen-bond acceptors (Lipinski definition) is 4. The molecule has 0 spiro atoms. The second-order valence-electron chi connectivity index (χ2n) is 5.53. The highest BCUT2D eigenvalue weighted by molar-refractivity contribution is 7.90. The van der Waals surface area contributed by atoms with Crippen molar-refractivity contribution in [2.24, 2.45) is 0 Å². The summed E-state index contributed by atoms with van der Waals surface area (Å²) in [6.07, 6.45) is -3.51. The molecular formula is C13H19F3N2O2S. The quantitative estimate of drug-likeness (QED) is 0.864. The van der Waals surface area contributed by atoms with Crippen LogP contribution in [-0.4, -0.2) is 21.4 Å². The normalized spacial score (nSPS) is 15.7. The molecule has 0 aliphatic rings.